The van der Waals surface area contributed by atoms with Crippen LogP contribution in [0.25, 0.3) is 10.8 Å². The van der Waals surface area contributed by atoms with Crippen LogP contribution in [0.5, 0.6) is 0 Å². The van der Waals surface area contributed by atoms with Crippen molar-refractivity contribution < 1.29 is 18.7 Å². The number of aromatic nitrogens is 1. The van der Waals surface area contributed by atoms with Crippen LogP contribution >= 0.6 is 11.3 Å². The van der Waals surface area contributed by atoms with Crippen molar-refractivity contribution in [3.8, 4) is 10.8 Å². The zero-order chi connectivity index (χ0) is 20.2. The van der Waals surface area contributed by atoms with E-state index in [-0.39, 0.29) is 18.2 Å². The summed E-state index contributed by atoms with van der Waals surface area (Å²) in [5, 5.41) is 1.98. The van der Waals surface area contributed by atoms with Gasteiger partial charge in [0.15, 0.2) is 0 Å². The number of rotatable bonds is 5. The molecule has 2 fully saturated rings. The highest BCUT2D eigenvalue weighted by atomic mass is 32.1. The molecule has 2 saturated heterocycles. The molecule has 0 bridgehead atoms. The number of hydrogen-bond acceptors (Lipinski definition) is 7. The normalized spacial score (nSPS) is 18.2. The van der Waals surface area contributed by atoms with E-state index in [1.165, 1.54) is 0 Å². The number of ether oxygens (including phenoxy) is 1. The molecule has 29 heavy (non-hydrogen) atoms. The molecule has 4 heterocycles. The lowest BCUT2D eigenvalue weighted by Gasteiger charge is -2.36. The molecule has 2 aromatic heterocycles. The minimum Gasteiger partial charge on any atom is -0.440 e. The number of morpholine rings is 1. The van der Waals surface area contributed by atoms with Gasteiger partial charge in [-0.25, -0.2) is 4.98 Å². The highest BCUT2D eigenvalue weighted by Crippen LogP contribution is 2.26. The summed E-state index contributed by atoms with van der Waals surface area (Å²) in [5.41, 5.74) is 0.698. The molecule has 9 heteroatoms. The van der Waals surface area contributed by atoms with Crippen LogP contribution in [-0.2, 0) is 20.7 Å². The first-order valence-electron chi connectivity index (χ1n) is 9.96. The SMILES string of the molecule is Cc1oc(-c2cccs2)nc1CC(=O)N1CCN(CC(=O)N2CCOCC2)CC1. The number of carbonyl (C=O) groups excluding carboxylic acids is 2. The van der Waals surface area contributed by atoms with Gasteiger partial charge in [0.1, 0.15) is 5.76 Å². The van der Waals surface area contributed by atoms with Crippen LogP contribution in [0.15, 0.2) is 21.9 Å². The Morgan fingerprint density at radius 1 is 1.07 bits per heavy atom. The van der Waals surface area contributed by atoms with Crippen molar-refractivity contribution >= 4 is 23.2 Å². The van der Waals surface area contributed by atoms with E-state index < -0.39 is 0 Å². The number of hydrogen-bond donors (Lipinski definition) is 0. The van der Waals surface area contributed by atoms with Crippen LogP contribution in [0.3, 0.4) is 0 Å². The molecule has 4 rings (SSSR count). The van der Waals surface area contributed by atoms with E-state index in [4.69, 9.17) is 9.15 Å². The summed E-state index contributed by atoms with van der Waals surface area (Å²) < 4.78 is 11.0. The lowest BCUT2D eigenvalue weighted by Crippen LogP contribution is -2.52. The minimum absolute atomic E-state index is 0.0540. The van der Waals surface area contributed by atoms with Gasteiger partial charge in [-0.05, 0) is 18.4 Å². The smallest absolute Gasteiger partial charge is 0.236 e. The average molecular weight is 419 g/mol. The molecule has 0 spiro atoms. The Bertz CT molecular complexity index is 837. The topological polar surface area (TPSA) is 79.1 Å². The van der Waals surface area contributed by atoms with Crippen molar-refractivity contribution in [1.82, 2.24) is 19.7 Å². The summed E-state index contributed by atoms with van der Waals surface area (Å²) in [6, 6.07) is 3.91. The van der Waals surface area contributed by atoms with Crippen molar-refractivity contribution in [2.75, 3.05) is 59.0 Å². The molecular weight excluding hydrogens is 392 g/mol. The zero-order valence-corrected chi connectivity index (χ0v) is 17.4. The molecule has 2 aromatic rings. The predicted octanol–water partition coefficient (Wildman–Crippen LogP) is 1.26. The summed E-state index contributed by atoms with van der Waals surface area (Å²) in [5.74, 6) is 1.47. The monoisotopic (exact) mass is 418 g/mol. The number of piperazine rings is 1. The van der Waals surface area contributed by atoms with Gasteiger partial charge in [0.05, 0.1) is 36.8 Å². The average Bonchev–Trinajstić information content (AvgIpc) is 3.39. The van der Waals surface area contributed by atoms with Gasteiger partial charge >= 0.3 is 0 Å². The van der Waals surface area contributed by atoms with Crippen molar-refractivity contribution in [1.29, 1.82) is 0 Å². The molecule has 0 radical (unpaired) electrons. The summed E-state index contributed by atoms with van der Waals surface area (Å²) in [4.78, 5) is 36.4. The maximum atomic E-state index is 12.7. The maximum Gasteiger partial charge on any atom is 0.236 e. The Morgan fingerprint density at radius 2 is 1.79 bits per heavy atom. The Balaban J connectivity index is 1.26. The van der Waals surface area contributed by atoms with Crippen molar-refractivity contribution in [2.45, 2.75) is 13.3 Å². The van der Waals surface area contributed by atoms with Crippen LogP contribution in [0, 0.1) is 6.92 Å². The van der Waals surface area contributed by atoms with E-state index in [9.17, 15) is 9.59 Å². The van der Waals surface area contributed by atoms with E-state index in [1.807, 2.05) is 34.2 Å². The third-order valence-electron chi connectivity index (χ3n) is 5.39. The number of nitrogens with zero attached hydrogens (tertiary/aromatic N) is 4. The summed E-state index contributed by atoms with van der Waals surface area (Å²) in [7, 11) is 0. The highest BCUT2D eigenvalue weighted by molar-refractivity contribution is 7.13. The van der Waals surface area contributed by atoms with Crippen LogP contribution in [-0.4, -0.2) is 90.5 Å². The third kappa shape index (κ3) is 4.85. The summed E-state index contributed by atoms with van der Waals surface area (Å²) in [6.07, 6.45) is 0.243. The zero-order valence-electron chi connectivity index (χ0n) is 16.6. The molecule has 2 aliphatic rings. The standard InChI is InChI=1S/C20H26N4O4S/c1-15-16(21-20(28-15)17-3-2-12-29-17)13-18(25)23-6-4-22(5-7-23)14-19(26)24-8-10-27-11-9-24/h2-3,12H,4-11,13-14H2,1H3. The van der Waals surface area contributed by atoms with Gasteiger partial charge in [0.25, 0.3) is 0 Å². The first-order valence-corrected chi connectivity index (χ1v) is 10.8. The Hall–Kier alpha value is -2.23. The molecule has 2 amide bonds. The van der Waals surface area contributed by atoms with E-state index in [0.717, 1.165) is 4.88 Å². The van der Waals surface area contributed by atoms with Gasteiger partial charge in [-0.3, -0.25) is 14.5 Å². The van der Waals surface area contributed by atoms with Crippen molar-refractivity contribution in [3.63, 3.8) is 0 Å². The van der Waals surface area contributed by atoms with Gasteiger partial charge in [-0.1, -0.05) is 6.07 Å². The Labute approximate surface area is 174 Å². The van der Waals surface area contributed by atoms with Crippen LogP contribution in [0.1, 0.15) is 11.5 Å². The fourth-order valence-corrected chi connectivity index (χ4v) is 4.26. The van der Waals surface area contributed by atoms with Crippen molar-refractivity contribution in [3.05, 3.63) is 29.0 Å². The highest BCUT2D eigenvalue weighted by Gasteiger charge is 2.26. The van der Waals surface area contributed by atoms with E-state index >= 15 is 0 Å². The second-order valence-electron chi connectivity index (χ2n) is 7.33. The molecular formula is C20H26N4O4S. The van der Waals surface area contributed by atoms with Gasteiger partial charge in [-0.2, -0.15) is 0 Å². The predicted molar refractivity (Wildman–Crippen MR) is 109 cm³/mol. The maximum absolute atomic E-state index is 12.7. The number of carbonyl (C=O) groups is 2. The van der Waals surface area contributed by atoms with Crippen LogP contribution in [0.4, 0.5) is 0 Å². The molecule has 0 unspecified atom stereocenters. The molecule has 0 N–H and O–H groups in total. The quantitative estimate of drug-likeness (QED) is 0.727. The van der Waals surface area contributed by atoms with Gasteiger partial charge in [-0.15, -0.1) is 11.3 Å². The Morgan fingerprint density at radius 3 is 2.48 bits per heavy atom. The Kier molecular flexibility index (Phi) is 6.27. The molecule has 8 nitrogen and oxygen atoms in total. The molecule has 2 aliphatic heterocycles. The molecule has 0 saturated carbocycles. The molecule has 0 atom stereocenters. The van der Waals surface area contributed by atoms with Crippen LogP contribution < -0.4 is 0 Å². The van der Waals surface area contributed by atoms with Crippen LogP contribution in [0.2, 0.25) is 0 Å². The minimum atomic E-state index is 0.0540. The van der Waals surface area contributed by atoms with Crippen molar-refractivity contribution in [2.24, 2.45) is 0 Å². The summed E-state index contributed by atoms with van der Waals surface area (Å²) >= 11 is 1.57. The fourth-order valence-electron chi connectivity index (χ4n) is 3.61. The number of oxazole rings is 1. The second-order valence-corrected chi connectivity index (χ2v) is 8.27. The fraction of sp³-hybridized carbons (Fsp3) is 0.550. The first-order chi connectivity index (χ1) is 14.1. The van der Waals surface area contributed by atoms with Gasteiger partial charge < -0.3 is 19.0 Å². The van der Waals surface area contributed by atoms with E-state index in [1.54, 1.807) is 11.3 Å². The molecule has 0 aliphatic carbocycles. The summed E-state index contributed by atoms with van der Waals surface area (Å²) in [6.45, 7) is 7.50. The number of thiophene rings is 1. The van der Waals surface area contributed by atoms with E-state index in [0.29, 0.717) is 76.4 Å². The number of amides is 2. The lowest BCUT2D eigenvalue weighted by molar-refractivity contribution is -0.137. The first kappa shape index (κ1) is 20.1. The lowest BCUT2D eigenvalue weighted by atomic mass is 10.2. The third-order valence-corrected chi connectivity index (χ3v) is 6.25. The van der Waals surface area contributed by atoms with Gasteiger partial charge in [0.2, 0.25) is 17.7 Å². The second kappa shape index (κ2) is 9.06. The molecule has 156 valence electrons. The van der Waals surface area contributed by atoms with E-state index in [2.05, 4.69) is 9.88 Å². The molecule has 0 aromatic carbocycles. The van der Waals surface area contributed by atoms with Gasteiger partial charge in [0, 0.05) is 39.3 Å². The number of aryl methyl sites for hydroxylation is 1. The largest absolute Gasteiger partial charge is 0.440 e.